The summed E-state index contributed by atoms with van der Waals surface area (Å²) < 4.78 is 4.50. The van der Waals surface area contributed by atoms with Crippen molar-refractivity contribution in [3.05, 3.63) is 18.0 Å². The summed E-state index contributed by atoms with van der Waals surface area (Å²) in [6, 6.07) is 0.480. The molecular formula is C10H14N2O4. The minimum atomic E-state index is -1.05. The van der Waals surface area contributed by atoms with E-state index in [0.717, 1.165) is 0 Å². The number of amides is 1. The van der Waals surface area contributed by atoms with Gasteiger partial charge in [-0.3, -0.25) is 4.79 Å². The Labute approximate surface area is 92.6 Å². The molecule has 16 heavy (non-hydrogen) atoms. The monoisotopic (exact) mass is 226 g/mol. The maximum Gasteiger partial charge on any atom is 0.326 e. The van der Waals surface area contributed by atoms with Crippen molar-refractivity contribution >= 4 is 11.9 Å². The van der Waals surface area contributed by atoms with Crippen LogP contribution >= 0.6 is 0 Å². The summed E-state index contributed by atoms with van der Waals surface area (Å²) in [5.74, 6) is -1.41. The number of carboxylic acid groups (broad SMARTS) is 1. The first-order valence-electron chi connectivity index (χ1n) is 4.94. The minimum Gasteiger partial charge on any atom is -0.480 e. The van der Waals surface area contributed by atoms with Crippen LogP contribution in [0.15, 0.2) is 16.9 Å². The fraction of sp³-hybridized carbons (Fsp3) is 0.500. The van der Waals surface area contributed by atoms with Crippen LogP contribution in [-0.2, 0) is 4.79 Å². The van der Waals surface area contributed by atoms with E-state index in [9.17, 15) is 9.59 Å². The molecule has 1 amide bonds. The predicted octanol–water partition coefficient (Wildman–Crippen LogP) is 0.904. The van der Waals surface area contributed by atoms with Gasteiger partial charge in [-0.05, 0) is 12.3 Å². The van der Waals surface area contributed by atoms with Crippen LogP contribution in [0.5, 0.6) is 0 Å². The zero-order valence-corrected chi connectivity index (χ0v) is 9.14. The highest BCUT2D eigenvalue weighted by molar-refractivity contribution is 5.94. The van der Waals surface area contributed by atoms with Gasteiger partial charge >= 0.3 is 5.97 Å². The molecule has 1 atom stereocenters. The fourth-order valence-electron chi connectivity index (χ4n) is 1.25. The molecule has 88 valence electrons. The summed E-state index contributed by atoms with van der Waals surface area (Å²) >= 11 is 0. The normalized spacial score (nSPS) is 12.4. The molecule has 0 spiro atoms. The quantitative estimate of drug-likeness (QED) is 0.778. The van der Waals surface area contributed by atoms with Gasteiger partial charge in [-0.2, -0.15) is 0 Å². The van der Waals surface area contributed by atoms with Crippen molar-refractivity contribution in [2.45, 2.75) is 26.3 Å². The number of carboxylic acids is 1. The largest absolute Gasteiger partial charge is 0.480 e. The zero-order chi connectivity index (χ0) is 12.1. The van der Waals surface area contributed by atoms with Crippen LogP contribution in [0, 0.1) is 5.92 Å². The van der Waals surface area contributed by atoms with E-state index in [-0.39, 0.29) is 11.6 Å². The first-order valence-corrected chi connectivity index (χ1v) is 4.94. The summed E-state index contributed by atoms with van der Waals surface area (Å²) in [4.78, 5) is 22.4. The lowest BCUT2D eigenvalue weighted by Gasteiger charge is -2.15. The van der Waals surface area contributed by atoms with E-state index in [1.807, 2.05) is 13.8 Å². The van der Waals surface area contributed by atoms with Gasteiger partial charge in [-0.15, -0.1) is 0 Å². The Balaban J connectivity index is 2.62. The molecule has 0 aromatic carbocycles. The molecule has 0 saturated heterocycles. The fourth-order valence-corrected chi connectivity index (χ4v) is 1.25. The van der Waals surface area contributed by atoms with Gasteiger partial charge in [-0.25, -0.2) is 4.79 Å². The Hall–Kier alpha value is -1.85. The van der Waals surface area contributed by atoms with Gasteiger partial charge in [0.1, 0.15) is 12.3 Å². The van der Waals surface area contributed by atoms with E-state index in [4.69, 9.17) is 5.11 Å². The number of carbonyl (C=O) groups excluding carboxylic acids is 1. The molecule has 6 heteroatoms. The van der Waals surface area contributed by atoms with Crippen LogP contribution in [-0.4, -0.2) is 28.2 Å². The highest BCUT2D eigenvalue weighted by Crippen LogP contribution is 2.06. The van der Waals surface area contributed by atoms with Crippen molar-refractivity contribution in [2.75, 3.05) is 0 Å². The summed E-state index contributed by atoms with van der Waals surface area (Å²) in [7, 11) is 0. The zero-order valence-electron chi connectivity index (χ0n) is 9.14. The second-order valence-electron chi connectivity index (χ2n) is 3.88. The van der Waals surface area contributed by atoms with Gasteiger partial charge in [-0.1, -0.05) is 19.0 Å². The second kappa shape index (κ2) is 5.29. The van der Waals surface area contributed by atoms with Crippen molar-refractivity contribution in [3.8, 4) is 0 Å². The maximum absolute atomic E-state index is 11.5. The number of carbonyl (C=O) groups is 2. The van der Waals surface area contributed by atoms with E-state index in [1.54, 1.807) is 0 Å². The Morgan fingerprint density at radius 2 is 2.25 bits per heavy atom. The first-order chi connectivity index (χ1) is 7.50. The molecule has 1 heterocycles. The van der Waals surface area contributed by atoms with Gasteiger partial charge < -0.3 is 14.9 Å². The molecule has 0 radical (unpaired) electrons. The number of nitrogens with one attached hydrogen (secondary N) is 1. The molecule has 0 fully saturated rings. The molecule has 0 aliphatic heterocycles. The lowest BCUT2D eigenvalue weighted by Crippen LogP contribution is -2.41. The standard InChI is InChI=1S/C10H14N2O4/c1-6(2)5-8(10(14)15)11-9(13)7-3-4-16-12-7/h3-4,6,8H,5H2,1-2H3,(H,11,13)(H,14,15). The second-order valence-corrected chi connectivity index (χ2v) is 3.88. The van der Waals surface area contributed by atoms with Crippen LogP contribution < -0.4 is 5.32 Å². The van der Waals surface area contributed by atoms with Gasteiger partial charge in [0.05, 0.1) is 0 Å². The molecule has 1 aromatic heterocycles. The third kappa shape index (κ3) is 3.38. The van der Waals surface area contributed by atoms with Crippen molar-refractivity contribution in [1.82, 2.24) is 10.5 Å². The van der Waals surface area contributed by atoms with Crippen LogP contribution in [0.1, 0.15) is 30.8 Å². The number of aromatic nitrogens is 1. The van der Waals surface area contributed by atoms with Crippen LogP contribution in [0.3, 0.4) is 0 Å². The molecule has 0 aliphatic rings. The van der Waals surface area contributed by atoms with E-state index in [1.165, 1.54) is 12.3 Å². The lowest BCUT2D eigenvalue weighted by molar-refractivity contribution is -0.139. The minimum absolute atomic E-state index is 0.0787. The summed E-state index contributed by atoms with van der Waals surface area (Å²) in [5, 5.41) is 14.7. The van der Waals surface area contributed by atoms with Gasteiger partial charge in [0.2, 0.25) is 0 Å². The van der Waals surface area contributed by atoms with Crippen LogP contribution in [0.2, 0.25) is 0 Å². The predicted molar refractivity (Wildman–Crippen MR) is 54.8 cm³/mol. The van der Waals surface area contributed by atoms with Crippen molar-refractivity contribution in [1.29, 1.82) is 0 Å². The highest BCUT2D eigenvalue weighted by Gasteiger charge is 2.22. The molecule has 6 nitrogen and oxygen atoms in total. The van der Waals surface area contributed by atoms with E-state index in [2.05, 4.69) is 15.0 Å². The Kier molecular flexibility index (Phi) is 4.04. The third-order valence-corrected chi connectivity index (χ3v) is 1.98. The number of nitrogens with zero attached hydrogens (tertiary/aromatic N) is 1. The molecule has 0 aliphatic carbocycles. The molecule has 0 saturated carbocycles. The number of hydrogen-bond donors (Lipinski definition) is 2. The van der Waals surface area contributed by atoms with Crippen molar-refractivity contribution in [2.24, 2.45) is 5.92 Å². The summed E-state index contributed by atoms with van der Waals surface area (Å²) in [6.45, 7) is 3.77. The van der Waals surface area contributed by atoms with Gasteiger partial charge in [0, 0.05) is 6.07 Å². The first kappa shape index (κ1) is 12.2. The Morgan fingerprint density at radius 1 is 1.56 bits per heavy atom. The summed E-state index contributed by atoms with van der Waals surface area (Å²) in [5.41, 5.74) is 0.0787. The van der Waals surface area contributed by atoms with Gasteiger partial charge in [0.25, 0.3) is 5.91 Å². The molecule has 1 aromatic rings. The molecule has 1 unspecified atom stereocenters. The van der Waals surface area contributed by atoms with Crippen molar-refractivity contribution < 1.29 is 19.2 Å². The maximum atomic E-state index is 11.5. The average molecular weight is 226 g/mol. The molecular weight excluding hydrogens is 212 g/mol. The number of hydrogen-bond acceptors (Lipinski definition) is 4. The smallest absolute Gasteiger partial charge is 0.326 e. The third-order valence-electron chi connectivity index (χ3n) is 1.98. The van der Waals surface area contributed by atoms with E-state index < -0.39 is 17.9 Å². The topological polar surface area (TPSA) is 92.4 Å². The van der Waals surface area contributed by atoms with Crippen LogP contribution in [0.25, 0.3) is 0 Å². The summed E-state index contributed by atoms with van der Waals surface area (Å²) in [6.07, 6.45) is 1.63. The SMILES string of the molecule is CC(C)CC(NC(=O)c1ccon1)C(=O)O. The van der Waals surface area contributed by atoms with Crippen LogP contribution in [0.4, 0.5) is 0 Å². The Morgan fingerprint density at radius 3 is 2.69 bits per heavy atom. The van der Waals surface area contributed by atoms with Gasteiger partial charge in [0.15, 0.2) is 5.69 Å². The number of aliphatic carboxylic acids is 1. The number of rotatable bonds is 5. The van der Waals surface area contributed by atoms with Crippen molar-refractivity contribution in [3.63, 3.8) is 0 Å². The highest BCUT2D eigenvalue weighted by atomic mass is 16.5. The molecule has 1 rings (SSSR count). The molecule has 0 bridgehead atoms. The average Bonchev–Trinajstić information content (AvgIpc) is 2.68. The van der Waals surface area contributed by atoms with E-state index in [0.29, 0.717) is 6.42 Å². The lowest BCUT2D eigenvalue weighted by atomic mass is 10.0. The Bertz CT molecular complexity index is 359. The van der Waals surface area contributed by atoms with E-state index >= 15 is 0 Å². The molecule has 2 N–H and O–H groups in total.